The third-order valence-electron chi connectivity index (χ3n) is 4.62. The SMILES string of the molecule is C=C(c1ccc(Br)cc1)c1ccc(O)c(-c2cccc3ccccc23)c1. The average molecular weight is 401 g/mol. The zero-order valence-corrected chi connectivity index (χ0v) is 15.7. The lowest BCUT2D eigenvalue weighted by atomic mass is 9.93. The van der Waals surface area contributed by atoms with Crippen LogP contribution < -0.4 is 0 Å². The van der Waals surface area contributed by atoms with Gasteiger partial charge in [-0.1, -0.05) is 83.2 Å². The van der Waals surface area contributed by atoms with Crippen LogP contribution in [0.5, 0.6) is 5.75 Å². The highest BCUT2D eigenvalue weighted by Gasteiger charge is 2.11. The topological polar surface area (TPSA) is 20.2 Å². The molecule has 0 spiro atoms. The lowest BCUT2D eigenvalue weighted by Gasteiger charge is -2.13. The second-order valence-corrected chi connectivity index (χ2v) is 7.16. The summed E-state index contributed by atoms with van der Waals surface area (Å²) in [6.07, 6.45) is 0. The summed E-state index contributed by atoms with van der Waals surface area (Å²) < 4.78 is 1.04. The second-order valence-electron chi connectivity index (χ2n) is 6.24. The van der Waals surface area contributed by atoms with Gasteiger partial charge in [-0.2, -0.15) is 0 Å². The van der Waals surface area contributed by atoms with E-state index in [-0.39, 0.29) is 5.75 Å². The zero-order chi connectivity index (χ0) is 18.1. The number of aromatic hydroxyl groups is 1. The molecule has 0 aliphatic rings. The molecular weight excluding hydrogens is 384 g/mol. The molecule has 0 heterocycles. The number of hydrogen-bond donors (Lipinski definition) is 1. The minimum absolute atomic E-state index is 0.272. The van der Waals surface area contributed by atoms with Crippen LogP contribution in [0.1, 0.15) is 11.1 Å². The van der Waals surface area contributed by atoms with Crippen molar-refractivity contribution in [1.29, 1.82) is 0 Å². The molecule has 1 N–H and O–H groups in total. The number of halogens is 1. The van der Waals surface area contributed by atoms with Crippen LogP contribution >= 0.6 is 15.9 Å². The van der Waals surface area contributed by atoms with Gasteiger partial charge in [0.25, 0.3) is 0 Å². The van der Waals surface area contributed by atoms with E-state index in [4.69, 9.17) is 0 Å². The lowest BCUT2D eigenvalue weighted by Crippen LogP contribution is -1.89. The Morgan fingerprint density at radius 2 is 1.42 bits per heavy atom. The summed E-state index contributed by atoms with van der Waals surface area (Å²) in [5.41, 5.74) is 4.82. The van der Waals surface area contributed by atoms with E-state index in [9.17, 15) is 5.11 Å². The highest BCUT2D eigenvalue weighted by molar-refractivity contribution is 9.10. The van der Waals surface area contributed by atoms with Gasteiger partial charge in [0.1, 0.15) is 5.75 Å². The van der Waals surface area contributed by atoms with Gasteiger partial charge in [0, 0.05) is 10.0 Å². The standard InChI is InChI=1S/C24H17BrO/c1-16(17-9-12-20(25)13-10-17)19-11-14-24(26)23(15-19)22-8-4-6-18-5-2-3-7-21(18)22/h2-15,26H,1H2. The van der Waals surface area contributed by atoms with Crippen molar-refractivity contribution >= 4 is 32.3 Å². The van der Waals surface area contributed by atoms with Crippen LogP contribution in [0, 0.1) is 0 Å². The van der Waals surface area contributed by atoms with E-state index >= 15 is 0 Å². The third kappa shape index (κ3) is 3.04. The smallest absolute Gasteiger partial charge is 0.123 e. The number of benzene rings is 4. The van der Waals surface area contributed by atoms with Gasteiger partial charge in [0.2, 0.25) is 0 Å². The van der Waals surface area contributed by atoms with E-state index < -0.39 is 0 Å². The van der Waals surface area contributed by atoms with Crippen molar-refractivity contribution in [2.24, 2.45) is 0 Å². The predicted octanol–water partition coefficient (Wildman–Crippen LogP) is 7.04. The van der Waals surface area contributed by atoms with Crippen LogP contribution in [0.3, 0.4) is 0 Å². The molecule has 126 valence electrons. The minimum Gasteiger partial charge on any atom is -0.507 e. The van der Waals surface area contributed by atoms with Crippen LogP contribution in [-0.4, -0.2) is 5.11 Å². The molecule has 0 saturated heterocycles. The summed E-state index contributed by atoms with van der Waals surface area (Å²) in [5.74, 6) is 0.272. The lowest BCUT2D eigenvalue weighted by molar-refractivity contribution is 0.477. The van der Waals surface area contributed by atoms with Crippen molar-refractivity contribution in [2.75, 3.05) is 0 Å². The highest BCUT2D eigenvalue weighted by Crippen LogP contribution is 2.37. The molecule has 0 amide bonds. The highest BCUT2D eigenvalue weighted by atomic mass is 79.9. The monoisotopic (exact) mass is 400 g/mol. The molecule has 4 aromatic carbocycles. The first-order valence-electron chi connectivity index (χ1n) is 8.40. The Morgan fingerprint density at radius 3 is 2.23 bits per heavy atom. The van der Waals surface area contributed by atoms with Crippen LogP contribution in [0.25, 0.3) is 27.5 Å². The first-order chi connectivity index (χ1) is 12.6. The van der Waals surface area contributed by atoms with Gasteiger partial charge >= 0.3 is 0 Å². The molecule has 26 heavy (non-hydrogen) atoms. The summed E-state index contributed by atoms with van der Waals surface area (Å²) in [6, 6.07) is 28.1. The Labute approximate surface area is 161 Å². The van der Waals surface area contributed by atoms with Crippen molar-refractivity contribution in [3.05, 3.63) is 107 Å². The van der Waals surface area contributed by atoms with E-state index in [1.807, 2.05) is 60.7 Å². The molecule has 0 aromatic heterocycles. The fourth-order valence-electron chi connectivity index (χ4n) is 3.22. The number of phenolic OH excluding ortho intramolecular Hbond substituents is 1. The number of hydrogen-bond acceptors (Lipinski definition) is 1. The molecule has 0 saturated carbocycles. The van der Waals surface area contributed by atoms with Crippen LogP contribution in [0.15, 0.2) is 96.0 Å². The van der Waals surface area contributed by atoms with Gasteiger partial charge in [0.15, 0.2) is 0 Å². The molecule has 0 radical (unpaired) electrons. The van der Waals surface area contributed by atoms with Crippen LogP contribution in [0.2, 0.25) is 0 Å². The quantitative estimate of drug-likeness (QED) is 0.391. The molecule has 1 nitrogen and oxygen atoms in total. The summed E-state index contributed by atoms with van der Waals surface area (Å²) in [6.45, 7) is 4.25. The van der Waals surface area contributed by atoms with Crippen molar-refractivity contribution in [3.8, 4) is 16.9 Å². The Bertz CT molecular complexity index is 1110. The molecule has 0 aliphatic carbocycles. The summed E-state index contributed by atoms with van der Waals surface area (Å²) >= 11 is 3.46. The third-order valence-corrected chi connectivity index (χ3v) is 5.15. The molecule has 4 rings (SSSR count). The van der Waals surface area contributed by atoms with E-state index in [0.717, 1.165) is 43.1 Å². The predicted molar refractivity (Wildman–Crippen MR) is 113 cm³/mol. The molecule has 0 fully saturated rings. The number of rotatable bonds is 3. The Kier molecular flexibility index (Phi) is 4.36. The maximum absolute atomic E-state index is 10.5. The fourth-order valence-corrected chi connectivity index (χ4v) is 3.48. The number of phenols is 1. The Hall–Kier alpha value is -2.84. The van der Waals surface area contributed by atoms with Gasteiger partial charge < -0.3 is 5.11 Å². The van der Waals surface area contributed by atoms with Gasteiger partial charge in [-0.3, -0.25) is 0 Å². The van der Waals surface area contributed by atoms with Crippen molar-refractivity contribution in [3.63, 3.8) is 0 Å². The molecular formula is C24H17BrO. The molecule has 0 aliphatic heterocycles. The van der Waals surface area contributed by atoms with Gasteiger partial charge in [0.05, 0.1) is 0 Å². The molecule has 4 aromatic rings. The molecule has 0 atom stereocenters. The number of fused-ring (bicyclic) bond motifs is 1. The summed E-state index contributed by atoms with van der Waals surface area (Å²) in [5, 5.41) is 12.8. The summed E-state index contributed by atoms with van der Waals surface area (Å²) in [7, 11) is 0. The van der Waals surface area contributed by atoms with E-state index in [1.54, 1.807) is 6.07 Å². The molecule has 0 unspecified atom stereocenters. The van der Waals surface area contributed by atoms with Crippen LogP contribution in [-0.2, 0) is 0 Å². The van der Waals surface area contributed by atoms with Crippen molar-refractivity contribution in [2.45, 2.75) is 0 Å². The molecule has 0 bridgehead atoms. The largest absolute Gasteiger partial charge is 0.507 e. The average Bonchev–Trinajstić information content (AvgIpc) is 2.68. The first kappa shape index (κ1) is 16.6. The Balaban J connectivity index is 1.84. The molecule has 2 heteroatoms. The van der Waals surface area contributed by atoms with Crippen LogP contribution in [0.4, 0.5) is 0 Å². The summed E-state index contributed by atoms with van der Waals surface area (Å²) in [4.78, 5) is 0. The van der Waals surface area contributed by atoms with Gasteiger partial charge in [-0.15, -0.1) is 0 Å². The first-order valence-corrected chi connectivity index (χ1v) is 9.19. The van der Waals surface area contributed by atoms with E-state index in [0.29, 0.717) is 0 Å². The van der Waals surface area contributed by atoms with E-state index in [2.05, 4.69) is 40.7 Å². The van der Waals surface area contributed by atoms with E-state index in [1.165, 1.54) is 0 Å². The van der Waals surface area contributed by atoms with Gasteiger partial charge in [-0.05, 0) is 57.3 Å². The van der Waals surface area contributed by atoms with Gasteiger partial charge in [-0.25, -0.2) is 0 Å². The second kappa shape index (κ2) is 6.81. The maximum Gasteiger partial charge on any atom is 0.123 e. The van der Waals surface area contributed by atoms with Crippen molar-refractivity contribution < 1.29 is 5.11 Å². The minimum atomic E-state index is 0.272. The van der Waals surface area contributed by atoms with Crippen molar-refractivity contribution in [1.82, 2.24) is 0 Å². The Morgan fingerprint density at radius 1 is 0.731 bits per heavy atom. The normalized spacial score (nSPS) is 10.8. The fraction of sp³-hybridized carbons (Fsp3) is 0. The zero-order valence-electron chi connectivity index (χ0n) is 14.1. The maximum atomic E-state index is 10.5.